The zero-order chi connectivity index (χ0) is 32.6. The lowest BCUT2D eigenvalue weighted by molar-refractivity contribution is -0.142. The first-order chi connectivity index (χ1) is 22.3. The highest BCUT2D eigenvalue weighted by Gasteiger charge is 2.77. The van der Waals surface area contributed by atoms with Crippen LogP contribution in [0.2, 0.25) is 5.02 Å². The van der Waals surface area contributed by atoms with E-state index in [0.29, 0.717) is 23.7 Å². The fraction of sp³-hybridized carbons (Fsp3) is 0.324. The fourth-order valence-corrected chi connectivity index (χ4v) is 10.4. The van der Waals surface area contributed by atoms with E-state index in [9.17, 15) is 9.90 Å². The molecule has 1 N–H and O–H groups in total. The Bertz CT molecular complexity index is 1620. The monoisotopic (exact) mass is 655 g/mol. The molecule has 3 heterocycles. The van der Waals surface area contributed by atoms with Gasteiger partial charge in [0.25, 0.3) is 5.91 Å². The number of carbonyl (C=O) groups excluding carboxylic acids is 3. The SMILES string of the molecule is C=CCN(C(=O)C1N([C@H](CO)c2ccccc2)C(=O)[C@@H]2[C@@H](C(=O)N(CC=C)c3ccccc3)[C@H]3CC(C)C12S3)c1ccc(Cl)cc1. The van der Waals surface area contributed by atoms with Gasteiger partial charge in [-0.15, -0.1) is 24.9 Å². The molecule has 3 fully saturated rings. The van der Waals surface area contributed by atoms with Crippen LogP contribution in [0.15, 0.2) is 110 Å². The number of hydrogen-bond acceptors (Lipinski definition) is 5. The van der Waals surface area contributed by atoms with E-state index in [4.69, 9.17) is 11.6 Å². The van der Waals surface area contributed by atoms with Gasteiger partial charge in [0.2, 0.25) is 11.8 Å². The normalized spacial score (nSPS) is 26.8. The number of thioether (sulfide) groups is 1. The standard InChI is InChI=1S/C37H38ClN3O4S/c1-4-20-39(27-14-10-7-11-15-27)34(43)31-30-22-24(3)37(46-30)32(31)35(44)41(29(23-42)25-12-8-6-9-13-25)33(37)36(45)40(21-5-2)28-18-16-26(38)17-19-28/h4-19,24,29-33,42H,1-2,20-23H2,3H3/t24?,29-,30-,31+,32+,33?,37?/m1/s1. The maximum absolute atomic E-state index is 15.1. The lowest BCUT2D eigenvalue weighted by atomic mass is 9.65. The molecule has 7 atom stereocenters. The molecule has 1 spiro atoms. The van der Waals surface area contributed by atoms with E-state index < -0.39 is 28.7 Å². The second-order valence-electron chi connectivity index (χ2n) is 12.2. The zero-order valence-corrected chi connectivity index (χ0v) is 27.3. The van der Waals surface area contributed by atoms with Crippen molar-refractivity contribution in [3.8, 4) is 0 Å². The molecule has 7 nitrogen and oxygen atoms in total. The number of hydrogen-bond donors (Lipinski definition) is 1. The van der Waals surface area contributed by atoms with Gasteiger partial charge in [-0.05, 0) is 54.3 Å². The number of halogens is 1. The minimum absolute atomic E-state index is 0.0463. The summed E-state index contributed by atoms with van der Waals surface area (Å²) in [6, 6.07) is 24.0. The number of anilines is 2. The maximum atomic E-state index is 15.1. The Hall–Kier alpha value is -3.85. The van der Waals surface area contributed by atoms with Crippen LogP contribution < -0.4 is 9.80 Å². The predicted octanol–water partition coefficient (Wildman–Crippen LogP) is 6.15. The number of aliphatic hydroxyl groups excluding tert-OH is 1. The molecule has 0 radical (unpaired) electrons. The van der Waals surface area contributed by atoms with Crippen LogP contribution in [-0.2, 0) is 14.4 Å². The van der Waals surface area contributed by atoms with E-state index >= 15 is 9.59 Å². The minimum atomic E-state index is -0.939. The number of carbonyl (C=O) groups is 3. The number of para-hydroxylation sites is 1. The van der Waals surface area contributed by atoms with Gasteiger partial charge in [0.1, 0.15) is 6.04 Å². The van der Waals surface area contributed by atoms with Crippen LogP contribution in [0.1, 0.15) is 24.9 Å². The molecule has 3 saturated heterocycles. The van der Waals surface area contributed by atoms with Crippen molar-refractivity contribution in [1.82, 2.24) is 4.90 Å². The van der Waals surface area contributed by atoms with Crippen LogP contribution in [0, 0.1) is 17.8 Å². The molecule has 3 aliphatic rings. The summed E-state index contributed by atoms with van der Waals surface area (Å²) in [6.45, 7) is 10.0. The molecule has 3 unspecified atom stereocenters. The molecule has 0 aromatic heterocycles. The van der Waals surface area contributed by atoms with E-state index in [2.05, 4.69) is 20.1 Å². The Labute approximate surface area is 279 Å². The van der Waals surface area contributed by atoms with E-state index in [-0.39, 0.29) is 42.0 Å². The van der Waals surface area contributed by atoms with Gasteiger partial charge in [-0.2, -0.15) is 0 Å². The molecule has 2 bridgehead atoms. The first kappa shape index (κ1) is 32.1. The second kappa shape index (κ2) is 13.1. The van der Waals surface area contributed by atoms with Gasteiger partial charge in [0.15, 0.2) is 0 Å². The second-order valence-corrected chi connectivity index (χ2v) is 14.2. The van der Waals surface area contributed by atoms with E-state index in [1.54, 1.807) is 62.9 Å². The summed E-state index contributed by atoms with van der Waals surface area (Å²) in [7, 11) is 0. The van der Waals surface area contributed by atoms with Crippen LogP contribution in [0.25, 0.3) is 0 Å². The Morgan fingerprint density at radius 1 is 0.957 bits per heavy atom. The van der Waals surface area contributed by atoms with Crippen LogP contribution in [0.4, 0.5) is 11.4 Å². The molecule has 6 rings (SSSR count). The molecular formula is C37H38ClN3O4S. The average molecular weight is 656 g/mol. The molecule has 0 saturated carbocycles. The van der Waals surface area contributed by atoms with Crippen molar-refractivity contribution in [2.75, 3.05) is 29.5 Å². The maximum Gasteiger partial charge on any atom is 0.251 e. The molecule has 3 aromatic rings. The van der Waals surface area contributed by atoms with Crippen molar-refractivity contribution in [1.29, 1.82) is 0 Å². The van der Waals surface area contributed by atoms with Gasteiger partial charge in [-0.25, -0.2) is 0 Å². The van der Waals surface area contributed by atoms with E-state index in [1.807, 2.05) is 60.7 Å². The van der Waals surface area contributed by atoms with Crippen molar-refractivity contribution in [3.63, 3.8) is 0 Å². The molecule has 9 heteroatoms. The first-order valence-corrected chi connectivity index (χ1v) is 16.8. The van der Waals surface area contributed by atoms with Crippen LogP contribution in [0.5, 0.6) is 0 Å². The topological polar surface area (TPSA) is 81.2 Å². The summed E-state index contributed by atoms with van der Waals surface area (Å²) in [5.41, 5.74) is 2.08. The average Bonchev–Trinajstić information content (AvgIpc) is 3.67. The van der Waals surface area contributed by atoms with Gasteiger partial charge in [0.05, 0.1) is 29.2 Å². The first-order valence-electron chi connectivity index (χ1n) is 15.6. The van der Waals surface area contributed by atoms with Crippen molar-refractivity contribution in [2.45, 2.75) is 35.4 Å². The molecule has 238 valence electrons. The van der Waals surface area contributed by atoms with Crippen molar-refractivity contribution < 1.29 is 19.5 Å². The zero-order valence-electron chi connectivity index (χ0n) is 25.7. The number of benzene rings is 3. The number of likely N-dealkylation sites (tertiary alicyclic amines) is 1. The van der Waals surface area contributed by atoms with Gasteiger partial charge in [-0.3, -0.25) is 14.4 Å². The molecule has 3 amide bonds. The van der Waals surface area contributed by atoms with Crippen molar-refractivity contribution >= 4 is 52.5 Å². The number of rotatable bonds is 11. The molecular weight excluding hydrogens is 618 g/mol. The lowest BCUT2D eigenvalue weighted by Gasteiger charge is -2.42. The minimum Gasteiger partial charge on any atom is -0.394 e. The fourth-order valence-electron chi connectivity index (χ4n) is 7.85. The van der Waals surface area contributed by atoms with Crippen molar-refractivity contribution in [2.24, 2.45) is 17.8 Å². The van der Waals surface area contributed by atoms with Gasteiger partial charge in [-0.1, -0.05) is 79.2 Å². The molecule has 3 aliphatic heterocycles. The smallest absolute Gasteiger partial charge is 0.251 e. The molecule has 0 aliphatic carbocycles. The Morgan fingerprint density at radius 3 is 2.11 bits per heavy atom. The Kier molecular flexibility index (Phi) is 9.15. The summed E-state index contributed by atoms with van der Waals surface area (Å²) in [5, 5.41) is 11.3. The van der Waals surface area contributed by atoms with Crippen LogP contribution in [-0.4, -0.2) is 63.5 Å². The van der Waals surface area contributed by atoms with Crippen LogP contribution >= 0.6 is 23.4 Å². The number of aliphatic hydroxyl groups is 1. The van der Waals surface area contributed by atoms with Gasteiger partial charge in [0, 0.05) is 34.7 Å². The third-order valence-electron chi connectivity index (χ3n) is 9.76. The third-order valence-corrected chi connectivity index (χ3v) is 12.1. The summed E-state index contributed by atoms with van der Waals surface area (Å²) >= 11 is 7.81. The lowest BCUT2D eigenvalue weighted by Crippen LogP contribution is -2.58. The van der Waals surface area contributed by atoms with Crippen LogP contribution in [0.3, 0.4) is 0 Å². The third kappa shape index (κ3) is 5.17. The number of nitrogens with zero attached hydrogens (tertiary/aromatic N) is 3. The van der Waals surface area contributed by atoms with E-state index in [0.717, 1.165) is 11.3 Å². The van der Waals surface area contributed by atoms with Gasteiger partial charge < -0.3 is 19.8 Å². The largest absolute Gasteiger partial charge is 0.394 e. The van der Waals surface area contributed by atoms with E-state index in [1.165, 1.54) is 0 Å². The molecule has 46 heavy (non-hydrogen) atoms. The molecule has 3 aromatic carbocycles. The Morgan fingerprint density at radius 2 is 1.52 bits per heavy atom. The summed E-state index contributed by atoms with van der Waals surface area (Å²) in [4.78, 5) is 49.6. The highest BCUT2D eigenvalue weighted by Crippen LogP contribution is 2.69. The number of fused-ring (bicyclic) bond motifs is 1. The quantitative estimate of drug-likeness (QED) is 0.251. The number of amides is 3. The van der Waals surface area contributed by atoms with Crippen molar-refractivity contribution in [3.05, 3.63) is 121 Å². The van der Waals surface area contributed by atoms with Gasteiger partial charge >= 0.3 is 0 Å². The summed E-state index contributed by atoms with van der Waals surface area (Å²) < 4.78 is -0.885. The summed E-state index contributed by atoms with van der Waals surface area (Å²) in [6.07, 6.45) is 4.04. The predicted molar refractivity (Wildman–Crippen MR) is 185 cm³/mol. The summed E-state index contributed by atoms with van der Waals surface area (Å²) in [5.74, 6) is -2.14. The Balaban J connectivity index is 1.50. The highest BCUT2D eigenvalue weighted by molar-refractivity contribution is 8.02. The highest BCUT2D eigenvalue weighted by atomic mass is 35.5.